The monoisotopic (exact) mass is 278 g/mol. The Balaban J connectivity index is 1.76. The van der Waals surface area contributed by atoms with E-state index in [-0.39, 0.29) is 5.91 Å². The van der Waals surface area contributed by atoms with Gasteiger partial charge in [-0.3, -0.25) is 9.89 Å². The molecule has 112 valence electrons. The molecule has 1 N–H and O–H groups in total. The first-order valence-electron chi connectivity index (χ1n) is 7.51. The fourth-order valence-electron chi connectivity index (χ4n) is 2.88. The van der Waals surface area contributed by atoms with Crippen LogP contribution in [-0.2, 0) is 11.3 Å². The van der Waals surface area contributed by atoms with E-state index in [4.69, 9.17) is 0 Å². The smallest absolute Gasteiger partial charge is 0.222 e. The minimum absolute atomic E-state index is 0.213. The molecule has 0 saturated carbocycles. The van der Waals surface area contributed by atoms with Crippen molar-refractivity contribution in [1.29, 1.82) is 0 Å². The van der Waals surface area contributed by atoms with Gasteiger partial charge >= 0.3 is 0 Å². The molecule has 1 saturated heterocycles. The van der Waals surface area contributed by atoms with Crippen LogP contribution >= 0.6 is 0 Å². The maximum atomic E-state index is 12.2. The number of carbonyl (C=O) groups is 1. The minimum atomic E-state index is 0.213. The Morgan fingerprint density at radius 1 is 1.55 bits per heavy atom. The lowest BCUT2D eigenvalue weighted by Gasteiger charge is -2.32. The molecule has 5 nitrogen and oxygen atoms in total. The fourth-order valence-corrected chi connectivity index (χ4v) is 2.88. The van der Waals surface area contributed by atoms with Gasteiger partial charge in [0.05, 0.1) is 12.2 Å². The largest absolute Gasteiger partial charge is 0.340 e. The summed E-state index contributed by atoms with van der Waals surface area (Å²) in [6.07, 6.45) is 5.42. The Morgan fingerprint density at radius 3 is 3.00 bits per heavy atom. The normalized spacial score (nSPS) is 20.1. The average Bonchev–Trinajstić information content (AvgIpc) is 2.82. The van der Waals surface area contributed by atoms with E-state index >= 15 is 0 Å². The molecule has 1 aromatic heterocycles. The highest BCUT2D eigenvalue weighted by atomic mass is 16.2. The van der Waals surface area contributed by atoms with E-state index < -0.39 is 0 Å². The number of nitrogens with zero attached hydrogens (tertiary/aromatic N) is 3. The summed E-state index contributed by atoms with van der Waals surface area (Å²) in [6, 6.07) is 2.56. The van der Waals surface area contributed by atoms with E-state index in [1.54, 1.807) is 4.90 Å². The quantitative estimate of drug-likeness (QED) is 0.895. The summed E-state index contributed by atoms with van der Waals surface area (Å²) in [5.41, 5.74) is 1.96. The lowest BCUT2D eigenvalue weighted by Crippen LogP contribution is -2.37. The molecule has 0 unspecified atom stereocenters. The number of aromatic amines is 1. The summed E-state index contributed by atoms with van der Waals surface area (Å²) in [7, 11) is 4.03. The van der Waals surface area contributed by atoms with Crippen LogP contribution in [0.4, 0.5) is 0 Å². The molecule has 0 aromatic carbocycles. The molecule has 1 aliphatic rings. The third kappa shape index (κ3) is 4.07. The van der Waals surface area contributed by atoms with Gasteiger partial charge < -0.3 is 9.80 Å². The highest BCUT2D eigenvalue weighted by Gasteiger charge is 2.20. The van der Waals surface area contributed by atoms with Crippen LogP contribution < -0.4 is 0 Å². The zero-order valence-electron chi connectivity index (χ0n) is 12.9. The summed E-state index contributed by atoms with van der Waals surface area (Å²) >= 11 is 0. The molecule has 1 fully saturated rings. The third-order valence-corrected chi connectivity index (χ3v) is 4.20. The highest BCUT2D eigenvalue weighted by Crippen LogP contribution is 2.19. The summed E-state index contributed by atoms with van der Waals surface area (Å²) < 4.78 is 0. The standard InChI is InChI=1S/C15H26N4O/c1-12-10-13(17-16-12)11-19(3)15(20)8-7-14-6-4-5-9-18(14)2/h10,14H,4-9,11H2,1-3H3,(H,16,17)/t14-/m0/s1. The van der Waals surface area contributed by atoms with E-state index in [1.807, 2.05) is 20.0 Å². The lowest BCUT2D eigenvalue weighted by molar-refractivity contribution is -0.130. The topological polar surface area (TPSA) is 52.2 Å². The van der Waals surface area contributed by atoms with Gasteiger partial charge in [0.15, 0.2) is 0 Å². The first kappa shape index (κ1) is 15.0. The molecule has 5 heteroatoms. The van der Waals surface area contributed by atoms with Crippen LogP contribution in [0.3, 0.4) is 0 Å². The number of carbonyl (C=O) groups excluding carboxylic acids is 1. The van der Waals surface area contributed by atoms with Gasteiger partial charge in [0, 0.05) is 25.2 Å². The van der Waals surface area contributed by atoms with E-state index in [0.717, 1.165) is 17.8 Å². The number of aryl methyl sites for hydroxylation is 1. The van der Waals surface area contributed by atoms with Gasteiger partial charge in [0.1, 0.15) is 0 Å². The van der Waals surface area contributed by atoms with Crippen molar-refractivity contribution in [3.8, 4) is 0 Å². The number of likely N-dealkylation sites (tertiary alicyclic amines) is 1. The molecule has 2 rings (SSSR count). The van der Waals surface area contributed by atoms with Crippen molar-refractivity contribution in [1.82, 2.24) is 20.0 Å². The molecular weight excluding hydrogens is 252 g/mol. The highest BCUT2D eigenvalue weighted by molar-refractivity contribution is 5.75. The van der Waals surface area contributed by atoms with Crippen molar-refractivity contribution in [2.75, 3.05) is 20.6 Å². The SMILES string of the molecule is Cc1cc(CN(C)C(=O)CC[C@@H]2CCCCN2C)n[nH]1. The lowest BCUT2D eigenvalue weighted by atomic mass is 9.98. The van der Waals surface area contributed by atoms with E-state index in [0.29, 0.717) is 19.0 Å². The Kier molecular flexibility index (Phi) is 5.17. The second kappa shape index (κ2) is 6.88. The Labute approximate surface area is 121 Å². The van der Waals surface area contributed by atoms with E-state index in [2.05, 4.69) is 22.1 Å². The fraction of sp³-hybridized carbons (Fsp3) is 0.733. The van der Waals surface area contributed by atoms with Crippen molar-refractivity contribution < 1.29 is 4.79 Å². The van der Waals surface area contributed by atoms with Gasteiger partial charge in [0.25, 0.3) is 0 Å². The zero-order chi connectivity index (χ0) is 14.5. The molecule has 0 aliphatic carbocycles. The molecule has 2 heterocycles. The number of H-pyrrole nitrogens is 1. The summed E-state index contributed by atoms with van der Waals surface area (Å²) in [5, 5.41) is 7.08. The number of amides is 1. The maximum Gasteiger partial charge on any atom is 0.222 e. The number of hydrogen-bond acceptors (Lipinski definition) is 3. The average molecular weight is 278 g/mol. The van der Waals surface area contributed by atoms with Gasteiger partial charge in [-0.05, 0) is 45.8 Å². The Hall–Kier alpha value is -1.36. The van der Waals surface area contributed by atoms with Gasteiger partial charge in [-0.15, -0.1) is 0 Å². The second-order valence-electron chi connectivity index (χ2n) is 5.96. The molecule has 1 aromatic rings. The molecule has 1 amide bonds. The van der Waals surface area contributed by atoms with Gasteiger partial charge in [-0.1, -0.05) is 6.42 Å². The van der Waals surface area contributed by atoms with E-state index in [1.165, 1.54) is 25.8 Å². The number of hydrogen-bond donors (Lipinski definition) is 1. The van der Waals surface area contributed by atoms with Crippen molar-refractivity contribution in [3.63, 3.8) is 0 Å². The minimum Gasteiger partial charge on any atom is -0.340 e. The summed E-state index contributed by atoms with van der Waals surface area (Å²) in [6.45, 7) is 3.72. The van der Waals surface area contributed by atoms with Crippen LogP contribution in [0.1, 0.15) is 43.5 Å². The van der Waals surface area contributed by atoms with Crippen LogP contribution in [0.2, 0.25) is 0 Å². The number of nitrogens with one attached hydrogen (secondary N) is 1. The molecule has 0 spiro atoms. The van der Waals surface area contributed by atoms with Crippen molar-refractivity contribution in [3.05, 3.63) is 17.5 Å². The Bertz CT molecular complexity index is 443. The Morgan fingerprint density at radius 2 is 2.35 bits per heavy atom. The van der Waals surface area contributed by atoms with E-state index in [9.17, 15) is 4.79 Å². The molecule has 20 heavy (non-hydrogen) atoms. The van der Waals surface area contributed by atoms with Crippen LogP contribution in [0.5, 0.6) is 0 Å². The van der Waals surface area contributed by atoms with Crippen LogP contribution in [-0.4, -0.2) is 52.6 Å². The molecule has 0 bridgehead atoms. The van der Waals surface area contributed by atoms with Crippen LogP contribution in [0, 0.1) is 6.92 Å². The maximum absolute atomic E-state index is 12.2. The van der Waals surface area contributed by atoms with Gasteiger partial charge in [0.2, 0.25) is 5.91 Å². The zero-order valence-corrected chi connectivity index (χ0v) is 12.9. The van der Waals surface area contributed by atoms with Crippen molar-refractivity contribution in [2.24, 2.45) is 0 Å². The molecule has 1 atom stereocenters. The molecule has 1 aliphatic heterocycles. The van der Waals surface area contributed by atoms with Crippen LogP contribution in [0.25, 0.3) is 0 Å². The molecular formula is C15H26N4O. The number of rotatable bonds is 5. The van der Waals surface area contributed by atoms with Crippen molar-refractivity contribution >= 4 is 5.91 Å². The number of piperidine rings is 1. The first-order valence-corrected chi connectivity index (χ1v) is 7.51. The summed E-state index contributed by atoms with van der Waals surface area (Å²) in [5.74, 6) is 0.213. The van der Waals surface area contributed by atoms with Gasteiger partial charge in [-0.25, -0.2) is 0 Å². The van der Waals surface area contributed by atoms with Gasteiger partial charge in [-0.2, -0.15) is 5.10 Å². The first-order chi connectivity index (χ1) is 9.56. The third-order valence-electron chi connectivity index (χ3n) is 4.20. The second-order valence-corrected chi connectivity index (χ2v) is 5.96. The van der Waals surface area contributed by atoms with Crippen LogP contribution in [0.15, 0.2) is 6.07 Å². The summed E-state index contributed by atoms with van der Waals surface area (Å²) in [4.78, 5) is 16.3. The predicted octanol–water partition coefficient (Wildman–Crippen LogP) is 1.94. The number of aromatic nitrogens is 2. The molecule has 0 radical (unpaired) electrons. The van der Waals surface area contributed by atoms with Crippen molar-refractivity contribution in [2.45, 2.75) is 51.6 Å². The predicted molar refractivity (Wildman–Crippen MR) is 79.3 cm³/mol.